The van der Waals surface area contributed by atoms with Crippen molar-refractivity contribution in [3.8, 4) is 0 Å². The first kappa shape index (κ1) is 79.2. The van der Waals surface area contributed by atoms with E-state index in [2.05, 4.69) is 61.6 Å². The molecule has 0 radical (unpaired) electrons. The number of hydrogen-bond acceptors (Lipinski definition) is 7. The summed E-state index contributed by atoms with van der Waals surface area (Å²) in [6.07, 6.45) is 29.2. The molecule has 64 heavy (non-hydrogen) atoms. The highest BCUT2D eigenvalue weighted by atomic mass is 31.2. The van der Waals surface area contributed by atoms with Crippen molar-refractivity contribution in [2.75, 3.05) is 130 Å². The van der Waals surface area contributed by atoms with Crippen molar-refractivity contribution in [2.24, 2.45) is 0 Å². The Bertz CT molecular complexity index is 1320. The second-order valence-corrected chi connectivity index (χ2v) is 43.7. The summed E-state index contributed by atoms with van der Waals surface area (Å²) in [7, 11) is -12.0. The molecular weight excluding hydrogens is 929 g/mol. The number of unbranched alkanes of at least 4 members (excludes halogenated alkanes) is 3. The van der Waals surface area contributed by atoms with Gasteiger partial charge < -0.3 is 32.0 Å². The van der Waals surface area contributed by atoms with E-state index in [1.807, 2.05) is 69.2 Å². The van der Waals surface area contributed by atoms with Crippen LogP contribution in [-0.2, 0) is 32.0 Å². The molecule has 0 aromatic heterocycles. The molecule has 0 aromatic carbocycles. The van der Waals surface area contributed by atoms with Crippen molar-refractivity contribution in [3.05, 3.63) is 25.3 Å². The lowest BCUT2D eigenvalue weighted by Crippen LogP contribution is -1.95. The van der Waals surface area contributed by atoms with Crippen LogP contribution in [0.25, 0.3) is 0 Å². The average Bonchev–Trinajstić information content (AvgIpc) is 3.29. The van der Waals surface area contributed by atoms with E-state index in [9.17, 15) is 32.0 Å². The first-order valence-corrected chi connectivity index (χ1v) is 42.2. The molecule has 394 valence electrons. The summed E-state index contributed by atoms with van der Waals surface area (Å²) in [5.41, 5.74) is 0. The molecular formula is C50H117O7P7. The molecule has 7 nitrogen and oxygen atoms in total. The Kier molecular flexibility index (Phi) is 60.8. The third-order valence-electron chi connectivity index (χ3n) is 12.0. The lowest BCUT2D eigenvalue weighted by Gasteiger charge is -2.13. The highest BCUT2D eigenvalue weighted by Crippen LogP contribution is 2.48. The molecule has 0 aliphatic rings. The van der Waals surface area contributed by atoms with Crippen LogP contribution in [0.2, 0.25) is 0 Å². The zero-order chi connectivity index (χ0) is 52.0. The van der Waals surface area contributed by atoms with E-state index < -0.39 is 50.0 Å². The summed E-state index contributed by atoms with van der Waals surface area (Å²) in [5.74, 6) is 0. The normalized spacial score (nSPS) is 11.7. The summed E-state index contributed by atoms with van der Waals surface area (Å²) in [6.45, 7) is 45.6. The number of allylic oxidation sites excluding steroid dienone is 2. The highest BCUT2D eigenvalue weighted by molar-refractivity contribution is 7.65. The summed E-state index contributed by atoms with van der Waals surface area (Å²) < 4.78 is 80.4. The predicted molar refractivity (Wildman–Crippen MR) is 311 cm³/mol. The van der Waals surface area contributed by atoms with E-state index in [1.165, 1.54) is 19.3 Å². The SMILES string of the molecule is C=CCP(=O)(CC)CC=C.CCCCCP(=O)(CC)CC.CCCCP(=O)(CC)CC.CCCP(=O)(CC)CC.CCCP(=O)(CC)CCC.CCP(=O)(CC)CC.CCP(C)(C)=O. The Balaban J connectivity index is -0.000000119. The molecule has 0 aliphatic carbocycles. The van der Waals surface area contributed by atoms with E-state index in [4.69, 9.17) is 0 Å². The van der Waals surface area contributed by atoms with Gasteiger partial charge in [-0.05, 0) is 119 Å². The van der Waals surface area contributed by atoms with Crippen molar-refractivity contribution in [1.29, 1.82) is 0 Å². The lowest BCUT2D eigenvalue weighted by molar-refractivity contribution is 0.572. The smallest absolute Gasteiger partial charge is 0.0946 e. The van der Waals surface area contributed by atoms with Crippen molar-refractivity contribution in [2.45, 2.75) is 169 Å². The fraction of sp³-hybridized carbons (Fsp3) is 0.920. The topological polar surface area (TPSA) is 119 Å². The Labute approximate surface area is 404 Å². The Morgan fingerprint density at radius 3 is 0.688 bits per heavy atom. The van der Waals surface area contributed by atoms with Gasteiger partial charge in [-0.1, -0.05) is 149 Å². The van der Waals surface area contributed by atoms with Crippen LogP contribution in [0, 0.1) is 0 Å². The third kappa shape index (κ3) is 52.5. The molecule has 0 amide bonds. The quantitative estimate of drug-likeness (QED) is 0.0416. The van der Waals surface area contributed by atoms with Crippen LogP contribution in [0.4, 0.5) is 0 Å². The van der Waals surface area contributed by atoms with Gasteiger partial charge in [0.25, 0.3) is 0 Å². The van der Waals surface area contributed by atoms with Crippen LogP contribution in [0.3, 0.4) is 0 Å². The fourth-order valence-corrected chi connectivity index (χ4v) is 17.0. The van der Waals surface area contributed by atoms with Crippen LogP contribution in [-0.4, -0.2) is 130 Å². The summed E-state index contributed by atoms with van der Waals surface area (Å²) in [4.78, 5) is 0. The summed E-state index contributed by atoms with van der Waals surface area (Å²) >= 11 is 0. The van der Waals surface area contributed by atoms with E-state index in [0.29, 0.717) is 12.3 Å². The molecule has 0 atom stereocenters. The molecule has 0 saturated heterocycles. The molecule has 0 rings (SSSR count). The van der Waals surface area contributed by atoms with Crippen LogP contribution in [0.5, 0.6) is 0 Å². The van der Waals surface area contributed by atoms with Crippen molar-refractivity contribution in [3.63, 3.8) is 0 Å². The van der Waals surface area contributed by atoms with E-state index in [1.54, 1.807) is 25.5 Å². The zero-order valence-corrected chi connectivity index (χ0v) is 52.9. The third-order valence-corrected chi connectivity index (χ3v) is 34.1. The average molecular weight is 1050 g/mol. The minimum Gasteiger partial charge on any atom is -0.324 e. The number of hydrogen-bond donors (Lipinski definition) is 0. The van der Waals surface area contributed by atoms with Crippen molar-refractivity contribution in [1.82, 2.24) is 0 Å². The van der Waals surface area contributed by atoms with E-state index in [0.717, 1.165) is 137 Å². The summed E-state index contributed by atoms with van der Waals surface area (Å²) in [5, 5.41) is 0. The van der Waals surface area contributed by atoms with Gasteiger partial charge in [-0.25, -0.2) is 0 Å². The van der Waals surface area contributed by atoms with Gasteiger partial charge in [0.05, 0.1) is 50.0 Å². The molecule has 0 fully saturated rings. The predicted octanol–water partition coefficient (Wildman–Crippen LogP) is 19.5. The van der Waals surface area contributed by atoms with Gasteiger partial charge in [-0.3, -0.25) is 0 Å². The Morgan fingerprint density at radius 1 is 0.281 bits per heavy atom. The first-order chi connectivity index (χ1) is 29.7. The van der Waals surface area contributed by atoms with Gasteiger partial charge in [0.2, 0.25) is 0 Å². The van der Waals surface area contributed by atoms with E-state index >= 15 is 0 Å². The maximum absolute atomic E-state index is 11.8. The van der Waals surface area contributed by atoms with E-state index in [-0.39, 0.29) is 0 Å². The second-order valence-electron chi connectivity index (χ2n) is 17.3. The largest absolute Gasteiger partial charge is 0.324 e. The molecule has 0 spiro atoms. The molecule has 0 saturated carbocycles. The molecule has 0 unspecified atom stereocenters. The van der Waals surface area contributed by atoms with Gasteiger partial charge in [-0.2, -0.15) is 0 Å². The fourth-order valence-electron chi connectivity index (χ4n) is 5.84. The maximum Gasteiger partial charge on any atom is 0.0946 e. The minimum absolute atomic E-state index is 0.648. The van der Waals surface area contributed by atoms with Gasteiger partial charge in [0, 0.05) is 43.1 Å². The molecule has 0 heterocycles. The number of rotatable bonds is 29. The van der Waals surface area contributed by atoms with Gasteiger partial charge >= 0.3 is 0 Å². The first-order valence-electron chi connectivity index (χ1n) is 25.8. The molecule has 0 bridgehead atoms. The maximum atomic E-state index is 11.8. The Hall–Kier alpha value is 1.09. The second kappa shape index (κ2) is 49.1. The van der Waals surface area contributed by atoms with Crippen molar-refractivity contribution >= 4 is 50.0 Å². The van der Waals surface area contributed by atoms with Crippen LogP contribution in [0.15, 0.2) is 25.3 Å². The molecule has 14 heteroatoms. The zero-order valence-electron chi connectivity index (χ0n) is 46.6. The minimum atomic E-state index is -1.94. The Morgan fingerprint density at radius 2 is 0.516 bits per heavy atom. The monoisotopic (exact) mass is 1050 g/mol. The van der Waals surface area contributed by atoms with Crippen molar-refractivity contribution < 1.29 is 32.0 Å². The van der Waals surface area contributed by atoms with Crippen LogP contribution in [0.1, 0.15) is 169 Å². The van der Waals surface area contributed by atoms with Gasteiger partial charge in [0.1, 0.15) is 0 Å². The van der Waals surface area contributed by atoms with Gasteiger partial charge in [-0.15, -0.1) is 13.2 Å². The molecule has 0 N–H and O–H groups in total. The summed E-state index contributed by atoms with van der Waals surface area (Å²) in [6, 6.07) is 0. The molecule has 0 aliphatic heterocycles. The lowest BCUT2D eigenvalue weighted by atomic mass is 10.3. The molecule has 0 aromatic rings. The standard InChI is InChI=1S/C9H21OP.2C8H19OP.C8H15OP.C7H17OP.C6H15OP.C4H11OP/c1-4-7-8-9-11(10,5-2)6-3;1-4-7-8-10(9,5-2)6-3;2*1-4-7-10(9,6-3)8-5-2;1-4-7-9(8,5-2)6-3;1-4-8(7,5-2)6-3;1-4-6(2,3)5/h4-9H2,1-3H3;2*4-8H2,1-3H3;4-5H,1-2,6-8H2,3H3;4-7H2,1-3H3;4-6H2,1-3H3;4H2,1-3H3. The van der Waals surface area contributed by atoms with Crippen LogP contribution >= 0.6 is 50.0 Å². The van der Waals surface area contributed by atoms with Crippen LogP contribution < -0.4 is 0 Å². The highest BCUT2D eigenvalue weighted by Gasteiger charge is 2.18. The van der Waals surface area contributed by atoms with Gasteiger partial charge in [0.15, 0.2) is 0 Å².